The van der Waals surface area contributed by atoms with Crippen molar-refractivity contribution in [2.75, 3.05) is 13.2 Å². The summed E-state index contributed by atoms with van der Waals surface area (Å²) in [4.78, 5) is 12.8. The Bertz CT molecular complexity index is 159. The fraction of sp³-hybridized carbons (Fsp3) is 0.889. The normalized spacial score (nSPS) is 13.5. The number of hydrogen-bond donors (Lipinski definition) is 1. The highest BCUT2D eigenvalue weighted by Gasteiger charge is 2.24. The van der Waals surface area contributed by atoms with Gasteiger partial charge in [0, 0.05) is 6.04 Å². The first-order valence-electron chi connectivity index (χ1n) is 4.65. The summed E-state index contributed by atoms with van der Waals surface area (Å²) in [6.07, 6.45) is -1.13. The van der Waals surface area contributed by atoms with E-state index in [9.17, 15) is 9.90 Å². The van der Waals surface area contributed by atoms with Gasteiger partial charge < -0.3 is 9.84 Å². The van der Waals surface area contributed by atoms with Crippen LogP contribution in [0.1, 0.15) is 27.7 Å². The number of nitrogens with zero attached hydrogens (tertiary/aromatic N) is 1. The van der Waals surface area contributed by atoms with E-state index < -0.39 is 12.2 Å². The van der Waals surface area contributed by atoms with Crippen molar-refractivity contribution in [1.82, 2.24) is 4.90 Å². The summed E-state index contributed by atoms with van der Waals surface area (Å²) in [6, 6.07) is 0.129. The van der Waals surface area contributed by atoms with Gasteiger partial charge in [0.1, 0.15) is 0 Å². The Morgan fingerprint density at radius 2 is 2.00 bits per heavy atom. The molecule has 0 spiro atoms. The maximum absolute atomic E-state index is 11.1. The van der Waals surface area contributed by atoms with Crippen LogP contribution in [-0.2, 0) is 9.53 Å². The van der Waals surface area contributed by atoms with Crippen molar-refractivity contribution < 1.29 is 14.6 Å². The van der Waals surface area contributed by atoms with E-state index in [1.54, 1.807) is 11.8 Å². The molecule has 0 fully saturated rings. The van der Waals surface area contributed by atoms with E-state index in [-0.39, 0.29) is 6.04 Å². The molecule has 0 saturated carbocycles. The molecule has 0 rings (SSSR count). The summed E-state index contributed by atoms with van der Waals surface area (Å²) in [5.41, 5.74) is 0. The molecule has 13 heavy (non-hydrogen) atoms. The lowest BCUT2D eigenvalue weighted by atomic mass is 10.3. The van der Waals surface area contributed by atoms with E-state index in [2.05, 4.69) is 0 Å². The van der Waals surface area contributed by atoms with Crippen molar-refractivity contribution in [3.63, 3.8) is 0 Å². The van der Waals surface area contributed by atoms with E-state index in [4.69, 9.17) is 4.74 Å². The zero-order valence-corrected chi connectivity index (χ0v) is 8.78. The maximum atomic E-state index is 11.1. The molecule has 1 atom stereocenters. The molecule has 78 valence electrons. The Labute approximate surface area is 79.5 Å². The Balaban J connectivity index is 4.19. The Morgan fingerprint density at radius 1 is 1.46 bits per heavy atom. The van der Waals surface area contributed by atoms with Gasteiger partial charge in [0.15, 0.2) is 0 Å². The zero-order valence-electron chi connectivity index (χ0n) is 8.78. The van der Waals surface area contributed by atoms with Crippen LogP contribution in [0.4, 0.5) is 0 Å². The Kier molecular flexibility index (Phi) is 5.66. The Hall–Kier alpha value is -0.610. The third kappa shape index (κ3) is 3.74. The molecule has 4 nitrogen and oxygen atoms in total. The van der Waals surface area contributed by atoms with Crippen molar-refractivity contribution in [3.05, 3.63) is 0 Å². The lowest BCUT2D eigenvalue weighted by Crippen LogP contribution is -2.45. The molecule has 4 heteroatoms. The average Bonchev–Trinajstić information content (AvgIpc) is 2.05. The molecule has 0 aliphatic rings. The van der Waals surface area contributed by atoms with Gasteiger partial charge in [0.2, 0.25) is 6.23 Å². The van der Waals surface area contributed by atoms with E-state index >= 15 is 0 Å². The smallest absolute Gasteiger partial charge is 0.350 e. The number of likely N-dealkylation sites (N-methyl/N-ethyl adjacent to an activating group) is 1. The van der Waals surface area contributed by atoms with Gasteiger partial charge in [-0.2, -0.15) is 0 Å². The van der Waals surface area contributed by atoms with Gasteiger partial charge >= 0.3 is 5.97 Å². The van der Waals surface area contributed by atoms with Crippen LogP contribution >= 0.6 is 0 Å². The van der Waals surface area contributed by atoms with Gasteiger partial charge in [-0.1, -0.05) is 6.92 Å². The monoisotopic (exact) mass is 189 g/mol. The third-order valence-electron chi connectivity index (χ3n) is 1.84. The van der Waals surface area contributed by atoms with E-state index in [0.717, 1.165) is 0 Å². The quantitative estimate of drug-likeness (QED) is 0.508. The van der Waals surface area contributed by atoms with Gasteiger partial charge in [0.25, 0.3) is 0 Å². The van der Waals surface area contributed by atoms with E-state index in [1.165, 1.54) is 0 Å². The lowest BCUT2D eigenvalue weighted by molar-refractivity contribution is -0.165. The minimum Gasteiger partial charge on any atom is -0.463 e. The number of rotatable bonds is 5. The van der Waals surface area contributed by atoms with Crippen molar-refractivity contribution in [2.24, 2.45) is 0 Å². The van der Waals surface area contributed by atoms with Crippen LogP contribution in [0.25, 0.3) is 0 Å². The second kappa shape index (κ2) is 5.94. The molecule has 0 aliphatic heterocycles. The number of aliphatic hydroxyl groups excluding tert-OH is 1. The third-order valence-corrected chi connectivity index (χ3v) is 1.84. The molecule has 0 aromatic heterocycles. The SMILES string of the molecule is CCOC(=O)C(O)N(CC)C(C)C. The van der Waals surface area contributed by atoms with E-state index in [1.807, 2.05) is 20.8 Å². The molecule has 1 N–H and O–H groups in total. The van der Waals surface area contributed by atoms with Gasteiger partial charge in [-0.25, -0.2) is 4.79 Å². The summed E-state index contributed by atoms with van der Waals surface area (Å²) in [7, 11) is 0. The first-order valence-corrected chi connectivity index (χ1v) is 4.65. The van der Waals surface area contributed by atoms with Crippen molar-refractivity contribution in [2.45, 2.75) is 40.0 Å². The first-order chi connectivity index (χ1) is 6.04. The summed E-state index contributed by atoms with van der Waals surface area (Å²) >= 11 is 0. The number of carbonyl (C=O) groups excluding carboxylic acids is 1. The van der Waals surface area contributed by atoms with E-state index in [0.29, 0.717) is 13.2 Å². The summed E-state index contributed by atoms with van der Waals surface area (Å²) < 4.78 is 4.71. The minimum atomic E-state index is -1.13. The molecule has 0 aliphatic carbocycles. The molecule has 0 heterocycles. The number of carbonyl (C=O) groups is 1. The fourth-order valence-corrected chi connectivity index (χ4v) is 1.17. The van der Waals surface area contributed by atoms with Crippen LogP contribution in [0.15, 0.2) is 0 Å². The van der Waals surface area contributed by atoms with Gasteiger partial charge in [0.05, 0.1) is 6.61 Å². The topological polar surface area (TPSA) is 49.8 Å². The molecule has 0 saturated heterocycles. The number of aliphatic hydroxyl groups is 1. The number of esters is 1. The Morgan fingerprint density at radius 3 is 2.31 bits per heavy atom. The second-order valence-electron chi connectivity index (χ2n) is 3.05. The van der Waals surface area contributed by atoms with Crippen LogP contribution in [0, 0.1) is 0 Å². The standard InChI is InChI=1S/C9H19NO3/c1-5-10(7(3)4)8(11)9(12)13-6-2/h7-8,11H,5-6H2,1-4H3. The second-order valence-corrected chi connectivity index (χ2v) is 3.05. The van der Waals surface area contributed by atoms with Crippen LogP contribution in [0.3, 0.4) is 0 Å². The summed E-state index contributed by atoms with van der Waals surface area (Å²) in [5.74, 6) is -0.571. The van der Waals surface area contributed by atoms with Crippen molar-refractivity contribution in [3.8, 4) is 0 Å². The van der Waals surface area contributed by atoms with Crippen molar-refractivity contribution >= 4 is 5.97 Å². The molecule has 1 unspecified atom stereocenters. The predicted octanol–water partition coefficient (Wildman–Crippen LogP) is 0.598. The largest absolute Gasteiger partial charge is 0.463 e. The molecular weight excluding hydrogens is 170 g/mol. The van der Waals surface area contributed by atoms with Gasteiger partial charge in [-0.05, 0) is 27.3 Å². The van der Waals surface area contributed by atoms with Gasteiger partial charge in [-0.3, -0.25) is 4.90 Å². The number of ether oxygens (including phenoxy) is 1. The highest BCUT2D eigenvalue weighted by atomic mass is 16.5. The molecular formula is C9H19NO3. The first kappa shape index (κ1) is 12.4. The predicted molar refractivity (Wildman–Crippen MR) is 50.2 cm³/mol. The minimum absolute atomic E-state index is 0.129. The highest BCUT2D eigenvalue weighted by molar-refractivity contribution is 5.73. The van der Waals surface area contributed by atoms with Crippen LogP contribution in [0.2, 0.25) is 0 Å². The molecule has 0 radical (unpaired) electrons. The molecule has 0 amide bonds. The summed E-state index contributed by atoms with van der Waals surface area (Å²) in [5, 5.41) is 9.53. The lowest BCUT2D eigenvalue weighted by Gasteiger charge is -2.28. The van der Waals surface area contributed by atoms with Crippen molar-refractivity contribution in [1.29, 1.82) is 0 Å². The van der Waals surface area contributed by atoms with Crippen LogP contribution in [-0.4, -0.2) is 41.4 Å². The van der Waals surface area contributed by atoms with Gasteiger partial charge in [-0.15, -0.1) is 0 Å². The highest BCUT2D eigenvalue weighted by Crippen LogP contribution is 2.04. The maximum Gasteiger partial charge on any atom is 0.350 e. The fourth-order valence-electron chi connectivity index (χ4n) is 1.17. The van der Waals surface area contributed by atoms with Crippen LogP contribution in [0.5, 0.6) is 0 Å². The summed E-state index contributed by atoms with van der Waals surface area (Å²) in [6.45, 7) is 8.37. The average molecular weight is 189 g/mol. The van der Waals surface area contributed by atoms with Crippen LogP contribution < -0.4 is 0 Å². The molecule has 0 aromatic carbocycles. The zero-order chi connectivity index (χ0) is 10.4. The molecule has 0 aromatic rings. The molecule has 0 bridgehead atoms. The number of hydrogen-bond acceptors (Lipinski definition) is 4.